The first-order valence-electron chi connectivity index (χ1n) is 13.9. The summed E-state index contributed by atoms with van der Waals surface area (Å²) in [4.78, 5) is 4.47. The molecule has 0 amide bonds. The number of ether oxygens (including phenoxy) is 3. The molecule has 0 spiro atoms. The Kier molecular flexibility index (Phi) is 8.29. The maximum Gasteiger partial charge on any atom is 0.119 e. The summed E-state index contributed by atoms with van der Waals surface area (Å²) in [5, 5.41) is 4.28. The van der Waals surface area contributed by atoms with Crippen molar-refractivity contribution in [3.8, 4) is 28.4 Å². The molecular formula is C37H32N2O3S. The highest BCUT2D eigenvalue weighted by Crippen LogP contribution is 2.40. The van der Waals surface area contributed by atoms with Gasteiger partial charge in [-0.15, -0.1) is 0 Å². The van der Waals surface area contributed by atoms with E-state index in [1.54, 1.807) is 32.7 Å². The van der Waals surface area contributed by atoms with Crippen molar-refractivity contribution in [1.82, 2.24) is 0 Å². The molecular weight excluding hydrogens is 552 g/mol. The SMILES string of the molecule is COc1ccc(N(c2ccc(OC)cc2)c2ccc(N(c3ccc(OC)cc3)c3ccc(-c4ccsc4)cc3)cc2)cc1. The quantitative estimate of drug-likeness (QED) is 0.160. The lowest BCUT2D eigenvalue weighted by Crippen LogP contribution is -2.12. The van der Waals surface area contributed by atoms with E-state index in [1.807, 2.05) is 36.4 Å². The van der Waals surface area contributed by atoms with Gasteiger partial charge in [-0.1, -0.05) is 12.1 Å². The predicted molar refractivity (Wildman–Crippen MR) is 179 cm³/mol. The van der Waals surface area contributed by atoms with Gasteiger partial charge in [0.2, 0.25) is 0 Å². The fourth-order valence-corrected chi connectivity index (χ4v) is 5.74. The molecule has 0 bridgehead atoms. The Balaban J connectivity index is 1.39. The van der Waals surface area contributed by atoms with Crippen molar-refractivity contribution in [2.75, 3.05) is 31.1 Å². The molecule has 6 heteroatoms. The highest BCUT2D eigenvalue weighted by Gasteiger charge is 2.17. The van der Waals surface area contributed by atoms with Gasteiger partial charge in [0.1, 0.15) is 17.2 Å². The Bertz CT molecular complexity index is 1690. The summed E-state index contributed by atoms with van der Waals surface area (Å²) in [5.41, 5.74) is 8.66. The first-order valence-corrected chi connectivity index (χ1v) is 14.9. The minimum absolute atomic E-state index is 0.814. The predicted octanol–water partition coefficient (Wildman–Crippen LogP) is 10.4. The first kappa shape index (κ1) is 27.9. The van der Waals surface area contributed by atoms with Gasteiger partial charge in [-0.05, 0) is 137 Å². The van der Waals surface area contributed by atoms with Gasteiger partial charge < -0.3 is 24.0 Å². The molecule has 0 atom stereocenters. The van der Waals surface area contributed by atoms with Crippen LogP contribution < -0.4 is 24.0 Å². The lowest BCUT2D eigenvalue weighted by molar-refractivity contribution is 0.414. The fraction of sp³-hybridized carbons (Fsp3) is 0.0811. The van der Waals surface area contributed by atoms with E-state index >= 15 is 0 Å². The van der Waals surface area contributed by atoms with Gasteiger partial charge in [0.25, 0.3) is 0 Å². The summed E-state index contributed by atoms with van der Waals surface area (Å²) < 4.78 is 16.3. The van der Waals surface area contributed by atoms with Crippen molar-refractivity contribution >= 4 is 45.5 Å². The molecule has 1 aromatic heterocycles. The Morgan fingerprint density at radius 1 is 0.372 bits per heavy atom. The molecule has 5 aromatic carbocycles. The molecule has 0 aliphatic carbocycles. The second-order valence-electron chi connectivity index (χ2n) is 9.84. The largest absolute Gasteiger partial charge is 0.497 e. The van der Waals surface area contributed by atoms with Gasteiger partial charge in [0.05, 0.1) is 21.3 Å². The van der Waals surface area contributed by atoms with E-state index in [2.05, 4.69) is 112 Å². The van der Waals surface area contributed by atoms with Gasteiger partial charge in [-0.2, -0.15) is 11.3 Å². The van der Waals surface area contributed by atoms with Crippen LogP contribution >= 0.6 is 11.3 Å². The van der Waals surface area contributed by atoms with Crippen molar-refractivity contribution in [2.45, 2.75) is 0 Å². The Morgan fingerprint density at radius 2 is 0.674 bits per heavy atom. The number of thiophene rings is 1. The van der Waals surface area contributed by atoms with Crippen molar-refractivity contribution < 1.29 is 14.2 Å². The third-order valence-electron chi connectivity index (χ3n) is 7.34. The average molecular weight is 585 g/mol. The van der Waals surface area contributed by atoms with Crippen LogP contribution in [-0.4, -0.2) is 21.3 Å². The zero-order valence-electron chi connectivity index (χ0n) is 24.3. The number of rotatable bonds is 10. The van der Waals surface area contributed by atoms with E-state index in [9.17, 15) is 0 Å². The van der Waals surface area contributed by atoms with Gasteiger partial charge >= 0.3 is 0 Å². The smallest absolute Gasteiger partial charge is 0.119 e. The molecule has 0 fully saturated rings. The van der Waals surface area contributed by atoms with Crippen molar-refractivity contribution in [2.24, 2.45) is 0 Å². The van der Waals surface area contributed by atoms with Crippen LogP contribution in [0.15, 0.2) is 138 Å². The number of methoxy groups -OCH3 is 3. The molecule has 0 saturated heterocycles. The highest BCUT2D eigenvalue weighted by molar-refractivity contribution is 7.08. The number of nitrogens with zero attached hydrogens (tertiary/aromatic N) is 2. The average Bonchev–Trinajstić information content (AvgIpc) is 3.62. The van der Waals surface area contributed by atoms with Crippen LogP contribution in [0.25, 0.3) is 11.1 Å². The molecule has 0 N–H and O–H groups in total. The van der Waals surface area contributed by atoms with Gasteiger partial charge in [-0.3, -0.25) is 0 Å². The topological polar surface area (TPSA) is 34.2 Å². The van der Waals surface area contributed by atoms with E-state index in [0.717, 1.165) is 51.4 Å². The molecule has 0 radical (unpaired) electrons. The molecule has 6 aromatic rings. The van der Waals surface area contributed by atoms with Crippen LogP contribution in [0.3, 0.4) is 0 Å². The summed E-state index contributed by atoms with van der Waals surface area (Å²) in [6, 6.07) is 43.8. The summed E-state index contributed by atoms with van der Waals surface area (Å²) >= 11 is 1.71. The van der Waals surface area contributed by atoms with E-state index in [4.69, 9.17) is 14.2 Å². The monoisotopic (exact) mass is 584 g/mol. The maximum atomic E-state index is 5.43. The fourth-order valence-electron chi connectivity index (χ4n) is 5.07. The lowest BCUT2D eigenvalue weighted by Gasteiger charge is -2.28. The molecule has 0 saturated carbocycles. The van der Waals surface area contributed by atoms with Gasteiger partial charge in [0.15, 0.2) is 0 Å². The Labute approximate surface area is 256 Å². The van der Waals surface area contributed by atoms with E-state index in [0.29, 0.717) is 0 Å². The van der Waals surface area contributed by atoms with Crippen LogP contribution in [0.1, 0.15) is 0 Å². The normalized spacial score (nSPS) is 10.7. The summed E-state index contributed by atoms with van der Waals surface area (Å²) in [5.74, 6) is 2.45. The number of hydrogen-bond donors (Lipinski definition) is 0. The number of anilines is 6. The van der Waals surface area contributed by atoms with Crippen molar-refractivity contribution in [3.05, 3.63) is 138 Å². The van der Waals surface area contributed by atoms with Gasteiger partial charge in [0, 0.05) is 34.1 Å². The molecule has 5 nitrogen and oxygen atoms in total. The van der Waals surface area contributed by atoms with Crippen LogP contribution in [0, 0.1) is 0 Å². The zero-order valence-corrected chi connectivity index (χ0v) is 25.1. The highest BCUT2D eigenvalue weighted by atomic mass is 32.1. The Hall–Kier alpha value is -5.20. The van der Waals surface area contributed by atoms with Crippen LogP contribution in [0.5, 0.6) is 17.2 Å². The second-order valence-corrected chi connectivity index (χ2v) is 10.6. The van der Waals surface area contributed by atoms with Crippen molar-refractivity contribution in [1.29, 1.82) is 0 Å². The van der Waals surface area contributed by atoms with Crippen LogP contribution in [0.4, 0.5) is 34.1 Å². The Morgan fingerprint density at radius 3 is 0.953 bits per heavy atom. The van der Waals surface area contributed by atoms with Gasteiger partial charge in [-0.25, -0.2) is 0 Å². The second kappa shape index (κ2) is 12.8. The maximum absolute atomic E-state index is 5.43. The number of benzene rings is 5. The summed E-state index contributed by atoms with van der Waals surface area (Å²) in [7, 11) is 5.05. The molecule has 0 aliphatic heterocycles. The molecule has 1 heterocycles. The third-order valence-corrected chi connectivity index (χ3v) is 8.02. The van der Waals surface area contributed by atoms with E-state index in [1.165, 1.54) is 11.1 Å². The standard InChI is InChI=1S/C37H32N2O3S/c1-40-35-18-12-32(13-19-35)38(29-6-4-27(5-7-29)28-24-25-43-26-28)30-8-10-31(11-9-30)39(33-14-20-36(41-2)21-15-33)34-16-22-37(42-3)23-17-34/h4-26H,1-3H3. The third kappa shape index (κ3) is 6.05. The minimum Gasteiger partial charge on any atom is -0.497 e. The van der Waals surface area contributed by atoms with Crippen molar-refractivity contribution in [3.63, 3.8) is 0 Å². The van der Waals surface area contributed by atoms with E-state index < -0.39 is 0 Å². The molecule has 43 heavy (non-hydrogen) atoms. The molecule has 6 rings (SSSR count). The summed E-state index contributed by atoms with van der Waals surface area (Å²) in [6.07, 6.45) is 0. The zero-order chi connectivity index (χ0) is 29.6. The first-order chi connectivity index (χ1) is 21.2. The summed E-state index contributed by atoms with van der Waals surface area (Å²) in [6.45, 7) is 0. The minimum atomic E-state index is 0.814. The molecule has 0 unspecified atom stereocenters. The number of hydrogen-bond acceptors (Lipinski definition) is 6. The molecule has 214 valence electrons. The molecule has 0 aliphatic rings. The van der Waals surface area contributed by atoms with E-state index in [-0.39, 0.29) is 0 Å². The lowest BCUT2D eigenvalue weighted by atomic mass is 10.1. The van der Waals surface area contributed by atoms with Crippen LogP contribution in [-0.2, 0) is 0 Å². The van der Waals surface area contributed by atoms with Crippen LogP contribution in [0.2, 0.25) is 0 Å².